The van der Waals surface area contributed by atoms with E-state index in [4.69, 9.17) is 11.2 Å². The minimum atomic E-state index is -0.848. The van der Waals surface area contributed by atoms with Crippen LogP contribution in [0.4, 0.5) is 4.39 Å². The first kappa shape index (κ1) is 19.6. The van der Waals surface area contributed by atoms with Gasteiger partial charge in [0.1, 0.15) is 11.9 Å². The molecule has 1 saturated heterocycles. The molecule has 4 atom stereocenters. The summed E-state index contributed by atoms with van der Waals surface area (Å²) in [7, 11) is 0. The molecule has 0 aliphatic carbocycles. The number of ether oxygens (including phenoxy) is 1. The number of carbonyl (C=O) groups excluding carboxylic acids is 1. The van der Waals surface area contributed by atoms with Gasteiger partial charge in [-0.05, 0) is 42.2 Å². The van der Waals surface area contributed by atoms with Gasteiger partial charge in [0, 0.05) is 13.0 Å². The fourth-order valence-corrected chi connectivity index (χ4v) is 4.36. The molecule has 5 heteroatoms. The van der Waals surface area contributed by atoms with E-state index in [2.05, 4.69) is 12.0 Å². The van der Waals surface area contributed by atoms with Crippen molar-refractivity contribution in [3.63, 3.8) is 0 Å². The number of halogens is 1. The van der Waals surface area contributed by atoms with Gasteiger partial charge in [-0.3, -0.25) is 4.79 Å². The van der Waals surface area contributed by atoms with Gasteiger partial charge in [0.15, 0.2) is 0 Å². The van der Waals surface area contributed by atoms with Crippen LogP contribution in [0.3, 0.4) is 0 Å². The van der Waals surface area contributed by atoms with Crippen LogP contribution in [0.2, 0.25) is 0 Å². The van der Waals surface area contributed by atoms with E-state index in [0.29, 0.717) is 6.54 Å². The summed E-state index contributed by atoms with van der Waals surface area (Å²) in [5, 5.41) is 10.1. The molecule has 1 N–H and O–H groups in total. The van der Waals surface area contributed by atoms with Crippen LogP contribution in [-0.4, -0.2) is 41.3 Å². The van der Waals surface area contributed by atoms with Crippen LogP contribution in [0.15, 0.2) is 48.5 Å². The molecule has 29 heavy (non-hydrogen) atoms. The van der Waals surface area contributed by atoms with E-state index in [1.807, 2.05) is 18.2 Å². The first-order chi connectivity index (χ1) is 13.9. The smallest absolute Gasteiger partial charge is 0.252 e. The van der Waals surface area contributed by atoms with Gasteiger partial charge in [0.2, 0.25) is 0 Å². The molecule has 2 aliphatic rings. The fraction of sp³-hybridized carbons (Fsp3) is 0.375. The molecule has 2 aromatic rings. The van der Waals surface area contributed by atoms with Crippen molar-refractivity contribution in [2.24, 2.45) is 5.41 Å². The molecule has 2 heterocycles. The monoisotopic (exact) mass is 393 g/mol. The zero-order chi connectivity index (χ0) is 20.6. The number of aliphatic hydroxyl groups is 1. The highest BCUT2D eigenvalue weighted by Crippen LogP contribution is 2.40. The standard InChI is InChI=1S/C24H24FNO3/c1-3-24(16(2)27)14-21(29-15-24)23(28)26-13-12-17-6-4-5-7-20(17)22(26)18-8-10-19(25)11-9-18/h1,4-11,16,21-22,27H,12-15H2,2H3/t16-,21+,22+,24+/m1/s1. The summed E-state index contributed by atoms with van der Waals surface area (Å²) in [6, 6.07) is 14.0. The zero-order valence-corrected chi connectivity index (χ0v) is 16.3. The summed E-state index contributed by atoms with van der Waals surface area (Å²) in [6.07, 6.45) is 5.22. The number of terminal acetylenes is 1. The first-order valence-corrected chi connectivity index (χ1v) is 9.86. The minimum Gasteiger partial charge on any atom is -0.392 e. The van der Waals surface area contributed by atoms with E-state index in [1.165, 1.54) is 17.7 Å². The van der Waals surface area contributed by atoms with Crippen molar-refractivity contribution in [3.8, 4) is 12.3 Å². The fourth-order valence-electron chi connectivity index (χ4n) is 4.36. The Morgan fingerprint density at radius 3 is 2.69 bits per heavy atom. The molecular weight excluding hydrogens is 369 g/mol. The number of hydrogen-bond donors (Lipinski definition) is 1. The summed E-state index contributed by atoms with van der Waals surface area (Å²) in [6.45, 7) is 2.33. The van der Waals surface area contributed by atoms with Crippen molar-refractivity contribution in [2.75, 3.05) is 13.2 Å². The lowest BCUT2D eigenvalue weighted by molar-refractivity contribution is -0.143. The van der Waals surface area contributed by atoms with Gasteiger partial charge < -0.3 is 14.7 Å². The van der Waals surface area contributed by atoms with E-state index >= 15 is 0 Å². The third kappa shape index (κ3) is 3.43. The highest BCUT2D eigenvalue weighted by Gasteiger charge is 2.47. The van der Waals surface area contributed by atoms with Gasteiger partial charge in [-0.2, -0.15) is 0 Å². The summed E-state index contributed by atoms with van der Waals surface area (Å²) < 4.78 is 19.3. The number of rotatable bonds is 3. The van der Waals surface area contributed by atoms with Gasteiger partial charge in [0.25, 0.3) is 5.91 Å². The molecule has 0 saturated carbocycles. The van der Waals surface area contributed by atoms with Crippen molar-refractivity contribution in [1.82, 2.24) is 4.90 Å². The molecule has 1 fully saturated rings. The molecular formula is C24H24FNO3. The number of benzene rings is 2. The summed E-state index contributed by atoms with van der Waals surface area (Å²) in [5.74, 6) is 2.18. The second kappa shape index (κ2) is 7.62. The third-order valence-corrected chi connectivity index (χ3v) is 6.21. The highest BCUT2D eigenvalue weighted by molar-refractivity contribution is 5.83. The highest BCUT2D eigenvalue weighted by atomic mass is 19.1. The number of carbonyl (C=O) groups is 1. The van der Waals surface area contributed by atoms with Crippen LogP contribution in [-0.2, 0) is 16.0 Å². The summed E-state index contributed by atoms with van der Waals surface area (Å²) in [5.41, 5.74) is 2.22. The van der Waals surface area contributed by atoms with Crippen molar-refractivity contribution < 1.29 is 19.0 Å². The van der Waals surface area contributed by atoms with Crippen LogP contribution in [0.1, 0.15) is 36.1 Å². The maximum atomic E-state index is 13.5. The van der Waals surface area contributed by atoms with Crippen LogP contribution in [0.25, 0.3) is 0 Å². The number of aliphatic hydroxyl groups excluding tert-OH is 1. The average Bonchev–Trinajstić information content (AvgIpc) is 3.19. The summed E-state index contributed by atoms with van der Waals surface area (Å²) >= 11 is 0. The lowest BCUT2D eigenvalue weighted by Crippen LogP contribution is -2.45. The van der Waals surface area contributed by atoms with Gasteiger partial charge in [-0.15, -0.1) is 6.42 Å². The molecule has 4 rings (SSSR count). The predicted molar refractivity (Wildman–Crippen MR) is 107 cm³/mol. The molecule has 2 aliphatic heterocycles. The molecule has 0 radical (unpaired) electrons. The number of fused-ring (bicyclic) bond motifs is 1. The normalized spacial score (nSPS) is 27.2. The van der Waals surface area contributed by atoms with E-state index in [9.17, 15) is 14.3 Å². The Labute approximate surface area is 170 Å². The Hall–Kier alpha value is -2.68. The largest absolute Gasteiger partial charge is 0.392 e. The quantitative estimate of drug-likeness (QED) is 0.816. The molecule has 0 spiro atoms. The second-order valence-electron chi connectivity index (χ2n) is 7.91. The van der Waals surface area contributed by atoms with Gasteiger partial charge in [0.05, 0.1) is 24.2 Å². The van der Waals surface area contributed by atoms with Gasteiger partial charge in [-0.25, -0.2) is 4.39 Å². The van der Waals surface area contributed by atoms with Crippen LogP contribution in [0, 0.1) is 23.6 Å². The van der Waals surface area contributed by atoms with Crippen molar-refractivity contribution in [3.05, 3.63) is 71.0 Å². The van der Waals surface area contributed by atoms with E-state index in [1.54, 1.807) is 24.0 Å². The Morgan fingerprint density at radius 2 is 2.03 bits per heavy atom. The predicted octanol–water partition coefficient (Wildman–Crippen LogP) is 3.09. The van der Waals surface area contributed by atoms with Crippen molar-refractivity contribution in [2.45, 2.75) is 38.0 Å². The maximum Gasteiger partial charge on any atom is 0.252 e. The second-order valence-corrected chi connectivity index (χ2v) is 7.91. The molecule has 0 bridgehead atoms. The lowest BCUT2D eigenvalue weighted by Gasteiger charge is -2.39. The molecule has 1 amide bonds. The number of nitrogens with zero attached hydrogens (tertiary/aromatic N) is 1. The molecule has 0 aromatic heterocycles. The molecule has 0 unspecified atom stereocenters. The number of amides is 1. The Balaban J connectivity index is 1.68. The van der Waals surface area contributed by atoms with E-state index in [0.717, 1.165) is 17.5 Å². The van der Waals surface area contributed by atoms with Crippen molar-refractivity contribution in [1.29, 1.82) is 0 Å². The Kier molecular flexibility index (Phi) is 5.16. The first-order valence-electron chi connectivity index (χ1n) is 9.86. The van der Waals surface area contributed by atoms with E-state index < -0.39 is 17.6 Å². The van der Waals surface area contributed by atoms with Crippen LogP contribution >= 0.6 is 0 Å². The van der Waals surface area contributed by atoms with Crippen molar-refractivity contribution >= 4 is 5.91 Å². The third-order valence-electron chi connectivity index (χ3n) is 6.21. The molecule has 4 nitrogen and oxygen atoms in total. The lowest BCUT2D eigenvalue weighted by atomic mass is 9.81. The van der Waals surface area contributed by atoms with E-state index in [-0.39, 0.29) is 30.8 Å². The zero-order valence-electron chi connectivity index (χ0n) is 16.3. The SMILES string of the molecule is C#C[C@@]1([C@@H](C)O)CO[C@H](C(=O)N2CCc3ccccc3[C@@H]2c2ccc(F)cc2)C1. The topological polar surface area (TPSA) is 49.8 Å². The number of hydrogen-bond acceptors (Lipinski definition) is 3. The molecule has 2 aromatic carbocycles. The average molecular weight is 393 g/mol. The summed E-state index contributed by atoms with van der Waals surface area (Å²) in [4.78, 5) is 15.3. The van der Waals surface area contributed by atoms with Gasteiger partial charge >= 0.3 is 0 Å². The van der Waals surface area contributed by atoms with Crippen LogP contribution < -0.4 is 0 Å². The Bertz CT molecular complexity index is 949. The maximum absolute atomic E-state index is 13.5. The van der Waals surface area contributed by atoms with Crippen LogP contribution in [0.5, 0.6) is 0 Å². The molecule has 150 valence electrons. The Morgan fingerprint density at radius 1 is 1.31 bits per heavy atom. The van der Waals surface area contributed by atoms with Gasteiger partial charge in [-0.1, -0.05) is 42.3 Å². The minimum absolute atomic E-state index is 0.147.